The Kier molecular flexibility index (Phi) is 6.18. The van der Waals surface area contributed by atoms with Crippen LogP contribution >= 0.6 is 0 Å². The molecule has 5 nitrogen and oxygen atoms in total. The van der Waals surface area contributed by atoms with Gasteiger partial charge in [-0.1, -0.05) is 78.9 Å². The van der Waals surface area contributed by atoms with Crippen LogP contribution in [0.25, 0.3) is 0 Å². The molecule has 1 fully saturated rings. The van der Waals surface area contributed by atoms with Crippen molar-refractivity contribution in [1.29, 1.82) is 0 Å². The highest BCUT2D eigenvalue weighted by Crippen LogP contribution is 2.57. The van der Waals surface area contributed by atoms with Crippen LogP contribution in [0.2, 0.25) is 0 Å². The molecule has 0 bridgehead atoms. The predicted octanol–water partition coefficient (Wildman–Crippen LogP) is 8.06. The van der Waals surface area contributed by atoms with Crippen molar-refractivity contribution in [3.63, 3.8) is 0 Å². The Morgan fingerprint density at radius 1 is 0.651 bits per heavy atom. The van der Waals surface area contributed by atoms with E-state index >= 15 is 0 Å². The Morgan fingerprint density at radius 2 is 1.33 bits per heavy atom. The quantitative estimate of drug-likeness (QED) is 0.195. The van der Waals surface area contributed by atoms with Crippen molar-refractivity contribution in [2.75, 3.05) is 22.9 Å². The first-order chi connectivity index (χ1) is 21.2. The van der Waals surface area contributed by atoms with Crippen molar-refractivity contribution in [1.82, 2.24) is 0 Å². The Labute approximate surface area is 251 Å². The molecule has 1 unspecified atom stereocenters. The number of carbonyl (C=O) groups excluding carboxylic acids is 1. The van der Waals surface area contributed by atoms with Crippen LogP contribution in [0.1, 0.15) is 51.0 Å². The molecule has 0 aliphatic carbocycles. The number of nitrogens with zero attached hydrogens (tertiary/aromatic N) is 2. The van der Waals surface area contributed by atoms with Gasteiger partial charge in [0, 0.05) is 60.3 Å². The lowest BCUT2D eigenvalue weighted by atomic mass is 9.77. The van der Waals surface area contributed by atoms with E-state index in [1.165, 1.54) is 24.0 Å². The minimum Gasteiger partial charge on any atom is -0.456 e. The monoisotopic (exact) mass is 564 g/mol. The lowest BCUT2D eigenvalue weighted by Crippen LogP contribution is -2.33. The molecule has 5 heteroatoms. The van der Waals surface area contributed by atoms with Crippen molar-refractivity contribution < 1.29 is 14.3 Å². The van der Waals surface area contributed by atoms with E-state index in [1.807, 2.05) is 42.5 Å². The zero-order valence-corrected chi connectivity index (χ0v) is 23.9. The van der Waals surface area contributed by atoms with E-state index < -0.39 is 5.60 Å². The summed E-state index contributed by atoms with van der Waals surface area (Å²) < 4.78 is 13.1. The highest BCUT2D eigenvalue weighted by Gasteiger charge is 2.53. The van der Waals surface area contributed by atoms with Crippen molar-refractivity contribution >= 4 is 17.3 Å². The van der Waals surface area contributed by atoms with Gasteiger partial charge in [0.15, 0.2) is 5.60 Å². The van der Waals surface area contributed by atoms with E-state index in [1.54, 1.807) is 0 Å². The van der Waals surface area contributed by atoms with Crippen LogP contribution in [-0.2, 0) is 23.4 Å². The van der Waals surface area contributed by atoms with Gasteiger partial charge in [-0.3, -0.25) is 0 Å². The number of ether oxygens (including phenoxy) is 2. The normalized spacial score (nSPS) is 18.0. The van der Waals surface area contributed by atoms with E-state index in [4.69, 9.17) is 9.47 Å². The topological polar surface area (TPSA) is 42.0 Å². The summed E-state index contributed by atoms with van der Waals surface area (Å²) in [6, 6.07) is 41.5. The van der Waals surface area contributed by atoms with E-state index in [0.717, 1.165) is 60.0 Å². The number of hydrogen-bond donors (Lipinski definition) is 0. The van der Waals surface area contributed by atoms with E-state index in [-0.39, 0.29) is 5.97 Å². The first-order valence-electron chi connectivity index (χ1n) is 15.1. The summed E-state index contributed by atoms with van der Waals surface area (Å²) in [5.41, 5.74) is 6.68. The van der Waals surface area contributed by atoms with Crippen molar-refractivity contribution in [2.45, 2.75) is 31.5 Å². The van der Waals surface area contributed by atoms with Gasteiger partial charge < -0.3 is 19.3 Å². The van der Waals surface area contributed by atoms with Gasteiger partial charge in [-0.2, -0.15) is 0 Å². The molecule has 212 valence electrons. The van der Waals surface area contributed by atoms with Gasteiger partial charge in [0.2, 0.25) is 0 Å². The van der Waals surface area contributed by atoms with Gasteiger partial charge in [0.05, 0.1) is 5.56 Å². The first kappa shape index (κ1) is 25.7. The molecule has 5 aromatic rings. The molecule has 5 aromatic carbocycles. The lowest BCUT2D eigenvalue weighted by Gasteiger charge is -2.38. The molecule has 0 saturated carbocycles. The summed E-state index contributed by atoms with van der Waals surface area (Å²) in [7, 11) is 0. The first-order valence-corrected chi connectivity index (χ1v) is 15.1. The molecule has 1 saturated heterocycles. The van der Waals surface area contributed by atoms with E-state index in [0.29, 0.717) is 11.3 Å². The van der Waals surface area contributed by atoms with Crippen LogP contribution in [0.4, 0.5) is 11.4 Å². The Hall–Kier alpha value is -5.03. The molecule has 43 heavy (non-hydrogen) atoms. The van der Waals surface area contributed by atoms with Crippen LogP contribution in [0.3, 0.4) is 0 Å². The van der Waals surface area contributed by atoms with Gasteiger partial charge in [-0.15, -0.1) is 0 Å². The Bertz CT molecular complexity index is 1770. The largest absolute Gasteiger partial charge is 0.456 e. The number of rotatable bonds is 6. The van der Waals surface area contributed by atoms with Gasteiger partial charge >= 0.3 is 5.97 Å². The molecule has 3 aliphatic heterocycles. The number of hydrogen-bond acceptors (Lipinski definition) is 5. The average Bonchev–Trinajstić information content (AvgIpc) is 3.69. The van der Waals surface area contributed by atoms with Gasteiger partial charge in [-0.25, -0.2) is 4.79 Å². The van der Waals surface area contributed by atoms with Gasteiger partial charge in [0.25, 0.3) is 0 Å². The number of anilines is 2. The average molecular weight is 565 g/mol. The van der Waals surface area contributed by atoms with Crippen LogP contribution in [-0.4, -0.2) is 19.1 Å². The zero-order chi connectivity index (χ0) is 28.8. The minimum absolute atomic E-state index is 0.311. The van der Waals surface area contributed by atoms with Gasteiger partial charge in [-0.05, 0) is 60.4 Å². The third-order valence-corrected chi connectivity index (χ3v) is 8.95. The molecular formula is C38H32N2O3. The second-order valence-corrected chi connectivity index (χ2v) is 11.6. The summed E-state index contributed by atoms with van der Waals surface area (Å²) in [5.74, 6) is 1.13. The third kappa shape index (κ3) is 4.35. The zero-order valence-electron chi connectivity index (χ0n) is 23.9. The molecule has 8 rings (SSSR count). The highest BCUT2D eigenvalue weighted by molar-refractivity contribution is 5.97. The minimum atomic E-state index is -1.10. The highest BCUT2D eigenvalue weighted by atomic mass is 16.6. The maximum Gasteiger partial charge on any atom is 0.340 e. The molecule has 0 aromatic heterocycles. The van der Waals surface area contributed by atoms with Crippen LogP contribution < -0.4 is 14.5 Å². The van der Waals surface area contributed by atoms with E-state index in [9.17, 15) is 4.79 Å². The van der Waals surface area contributed by atoms with Crippen molar-refractivity contribution in [3.8, 4) is 11.5 Å². The smallest absolute Gasteiger partial charge is 0.340 e. The molecular weight excluding hydrogens is 532 g/mol. The SMILES string of the molecule is O=C1OC2(c3ccc(N4CCCC4)cc3Oc3ccc(N(Cc4ccccc4)Cc4ccccc4)cc32)c2ccccc21. The van der Waals surface area contributed by atoms with Crippen molar-refractivity contribution in [3.05, 3.63) is 155 Å². The number of carbonyl (C=O) groups is 1. The number of benzene rings is 5. The second-order valence-electron chi connectivity index (χ2n) is 11.6. The summed E-state index contributed by atoms with van der Waals surface area (Å²) in [6.45, 7) is 3.55. The fourth-order valence-electron chi connectivity index (χ4n) is 6.86. The molecule has 0 N–H and O–H groups in total. The molecule has 3 aliphatic rings. The maximum absolute atomic E-state index is 13.5. The lowest BCUT2D eigenvalue weighted by molar-refractivity contribution is 0.0224. The summed E-state index contributed by atoms with van der Waals surface area (Å²) in [6.07, 6.45) is 2.39. The molecule has 0 amide bonds. The Balaban J connectivity index is 1.28. The van der Waals surface area contributed by atoms with Crippen LogP contribution in [0, 0.1) is 0 Å². The second kappa shape index (κ2) is 10.4. The van der Waals surface area contributed by atoms with Crippen LogP contribution in [0.15, 0.2) is 121 Å². The molecule has 3 heterocycles. The van der Waals surface area contributed by atoms with Crippen LogP contribution in [0.5, 0.6) is 11.5 Å². The molecule has 1 atom stereocenters. The predicted molar refractivity (Wildman–Crippen MR) is 169 cm³/mol. The fraction of sp³-hybridized carbons (Fsp3) is 0.184. The van der Waals surface area contributed by atoms with E-state index in [2.05, 4.69) is 88.7 Å². The standard InChI is InChI=1S/C38H32N2O3/c41-37-31-15-7-8-16-32(31)38(43-37)33-19-17-30(39-21-9-10-22-39)24-36(33)42-35-20-18-29(23-34(35)38)40(25-27-11-3-1-4-12-27)26-28-13-5-2-6-14-28/h1-8,11-20,23-24H,9-10,21-22,25-26H2. The van der Waals surface area contributed by atoms with Gasteiger partial charge in [0.1, 0.15) is 11.5 Å². The Morgan fingerprint density at radius 3 is 2.05 bits per heavy atom. The fourth-order valence-corrected chi connectivity index (χ4v) is 6.86. The summed E-state index contributed by atoms with van der Waals surface area (Å²) >= 11 is 0. The summed E-state index contributed by atoms with van der Waals surface area (Å²) in [4.78, 5) is 18.2. The maximum atomic E-state index is 13.5. The molecule has 1 spiro atoms. The number of esters is 1. The third-order valence-electron chi connectivity index (χ3n) is 8.95. The molecule has 0 radical (unpaired) electrons. The summed E-state index contributed by atoms with van der Waals surface area (Å²) in [5, 5.41) is 0. The number of fused-ring (bicyclic) bond motifs is 6. The van der Waals surface area contributed by atoms with Crippen molar-refractivity contribution in [2.24, 2.45) is 0 Å².